The van der Waals surface area contributed by atoms with Gasteiger partial charge in [0, 0.05) is 31.8 Å². The van der Waals surface area contributed by atoms with E-state index in [9.17, 15) is 0 Å². The number of aryl methyl sites for hydroxylation is 1. The quantitative estimate of drug-likeness (QED) is 0.805. The number of hydrogen-bond acceptors (Lipinski definition) is 3. The van der Waals surface area contributed by atoms with Crippen molar-refractivity contribution in [3.05, 3.63) is 16.4 Å². The van der Waals surface area contributed by atoms with Crippen LogP contribution in [0.25, 0.3) is 0 Å². The summed E-state index contributed by atoms with van der Waals surface area (Å²) >= 11 is 6.73. The summed E-state index contributed by atoms with van der Waals surface area (Å²) < 4.78 is 7.44. The summed E-state index contributed by atoms with van der Waals surface area (Å²) in [6.45, 7) is 1.63. The maximum atomic E-state index is 5.50. The molecule has 1 aromatic heterocycles. The number of hydrogen-bond donors (Lipinski definition) is 1. The van der Waals surface area contributed by atoms with Crippen LogP contribution in [0.5, 0.6) is 0 Å². The molecule has 4 nitrogen and oxygen atoms in total. The van der Waals surface area contributed by atoms with E-state index in [1.165, 1.54) is 0 Å². The van der Waals surface area contributed by atoms with Crippen LogP contribution in [-0.2, 0) is 11.8 Å². The summed E-state index contributed by atoms with van der Waals surface area (Å²) in [7, 11) is 1.96. The van der Waals surface area contributed by atoms with E-state index in [2.05, 4.69) is 10.3 Å². The number of rotatable bonds is 2. The van der Waals surface area contributed by atoms with E-state index < -0.39 is 0 Å². The summed E-state index contributed by atoms with van der Waals surface area (Å²) in [5.41, 5.74) is 0. The zero-order valence-electron chi connectivity index (χ0n) is 9.18. The molecular formula is C10H15N3OS2. The molecule has 1 saturated heterocycles. The first-order valence-corrected chi connectivity index (χ1v) is 6.59. The molecule has 1 aliphatic rings. The topological polar surface area (TPSA) is 38.5 Å². The third-order valence-corrected chi connectivity index (χ3v) is 3.55. The maximum Gasteiger partial charge on any atom is 0.195 e. The minimum Gasteiger partial charge on any atom is -0.376 e. The SMILES string of the molecule is Cn1ccsc1=NC(=S)NCC1CCCO1. The van der Waals surface area contributed by atoms with Crippen molar-refractivity contribution in [2.24, 2.45) is 12.0 Å². The first-order valence-electron chi connectivity index (χ1n) is 5.30. The summed E-state index contributed by atoms with van der Waals surface area (Å²) in [6, 6.07) is 0. The molecule has 0 aromatic carbocycles. The molecular weight excluding hydrogens is 242 g/mol. The van der Waals surface area contributed by atoms with Crippen molar-refractivity contribution in [1.82, 2.24) is 9.88 Å². The maximum absolute atomic E-state index is 5.50. The van der Waals surface area contributed by atoms with E-state index >= 15 is 0 Å². The molecule has 1 fully saturated rings. The van der Waals surface area contributed by atoms with Crippen LogP contribution in [0.1, 0.15) is 12.8 Å². The van der Waals surface area contributed by atoms with Crippen LogP contribution in [0, 0.1) is 0 Å². The van der Waals surface area contributed by atoms with E-state index in [0.717, 1.165) is 30.8 Å². The van der Waals surface area contributed by atoms with E-state index in [0.29, 0.717) is 11.2 Å². The predicted molar refractivity (Wildman–Crippen MR) is 68.4 cm³/mol. The van der Waals surface area contributed by atoms with Gasteiger partial charge in [0.2, 0.25) is 0 Å². The first-order chi connectivity index (χ1) is 7.75. The van der Waals surface area contributed by atoms with Gasteiger partial charge in [0.1, 0.15) is 0 Å². The van der Waals surface area contributed by atoms with Crippen LogP contribution in [0.3, 0.4) is 0 Å². The molecule has 1 N–H and O–H groups in total. The van der Waals surface area contributed by atoms with Gasteiger partial charge < -0.3 is 14.6 Å². The Hall–Kier alpha value is -0.720. The molecule has 1 aliphatic heterocycles. The van der Waals surface area contributed by atoms with Crippen molar-refractivity contribution < 1.29 is 4.74 Å². The minimum absolute atomic E-state index is 0.297. The summed E-state index contributed by atoms with van der Waals surface area (Å²) in [5, 5.41) is 5.65. The zero-order chi connectivity index (χ0) is 11.4. The minimum atomic E-state index is 0.297. The monoisotopic (exact) mass is 257 g/mol. The van der Waals surface area contributed by atoms with Crippen LogP contribution in [0.15, 0.2) is 16.6 Å². The lowest BCUT2D eigenvalue weighted by Gasteiger charge is -2.09. The van der Waals surface area contributed by atoms with Crippen LogP contribution in [0.2, 0.25) is 0 Å². The lowest BCUT2D eigenvalue weighted by atomic mass is 10.2. The highest BCUT2D eigenvalue weighted by atomic mass is 32.1. The molecule has 0 saturated carbocycles. The average molecular weight is 257 g/mol. The summed E-state index contributed by atoms with van der Waals surface area (Å²) in [6.07, 6.45) is 4.52. The van der Waals surface area contributed by atoms with Crippen molar-refractivity contribution in [2.45, 2.75) is 18.9 Å². The number of thiazole rings is 1. The molecule has 0 spiro atoms. The van der Waals surface area contributed by atoms with Gasteiger partial charge >= 0.3 is 0 Å². The van der Waals surface area contributed by atoms with Gasteiger partial charge in [0.05, 0.1) is 6.10 Å². The molecule has 6 heteroatoms. The fraction of sp³-hybridized carbons (Fsp3) is 0.600. The third kappa shape index (κ3) is 3.13. The van der Waals surface area contributed by atoms with Crippen molar-refractivity contribution in [3.63, 3.8) is 0 Å². The van der Waals surface area contributed by atoms with Crippen LogP contribution >= 0.6 is 23.6 Å². The molecule has 2 rings (SSSR count). The highest BCUT2D eigenvalue weighted by Gasteiger charge is 2.14. The van der Waals surface area contributed by atoms with Gasteiger partial charge in [-0.15, -0.1) is 11.3 Å². The van der Waals surface area contributed by atoms with Gasteiger partial charge in [0.25, 0.3) is 0 Å². The van der Waals surface area contributed by atoms with Gasteiger partial charge in [0.15, 0.2) is 9.91 Å². The van der Waals surface area contributed by atoms with Gasteiger partial charge in [-0.3, -0.25) is 0 Å². The molecule has 88 valence electrons. The van der Waals surface area contributed by atoms with Crippen LogP contribution in [0.4, 0.5) is 0 Å². The fourth-order valence-corrected chi connectivity index (χ4v) is 2.53. The molecule has 1 unspecified atom stereocenters. The largest absolute Gasteiger partial charge is 0.376 e. The summed E-state index contributed by atoms with van der Waals surface area (Å²) in [4.78, 5) is 5.23. The van der Waals surface area contributed by atoms with Gasteiger partial charge in [-0.25, -0.2) is 0 Å². The first kappa shape index (κ1) is 11.8. The second-order valence-electron chi connectivity index (χ2n) is 3.73. The Labute approximate surface area is 104 Å². The van der Waals surface area contributed by atoms with Crippen LogP contribution in [-0.4, -0.2) is 28.9 Å². The molecule has 0 bridgehead atoms. The smallest absolute Gasteiger partial charge is 0.195 e. The van der Waals surface area contributed by atoms with Gasteiger partial charge in [-0.1, -0.05) is 0 Å². The number of aromatic nitrogens is 1. The van der Waals surface area contributed by atoms with E-state index in [4.69, 9.17) is 17.0 Å². The van der Waals surface area contributed by atoms with Gasteiger partial charge in [-0.05, 0) is 25.1 Å². The fourth-order valence-electron chi connectivity index (χ4n) is 1.57. The molecule has 1 atom stereocenters. The average Bonchev–Trinajstić information content (AvgIpc) is 2.88. The predicted octanol–water partition coefficient (Wildman–Crippen LogP) is 1.04. The number of nitrogens with one attached hydrogen (secondary N) is 1. The van der Waals surface area contributed by atoms with Gasteiger partial charge in [-0.2, -0.15) is 4.99 Å². The van der Waals surface area contributed by atoms with Crippen molar-refractivity contribution in [2.75, 3.05) is 13.2 Å². The second kappa shape index (κ2) is 5.56. The zero-order valence-corrected chi connectivity index (χ0v) is 10.8. The van der Waals surface area contributed by atoms with Crippen molar-refractivity contribution in [3.8, 4) is 0 Å². The van der Waals surface area contributed by atoms with E-state index in [1.54, 1.807) is 11.3 Å². The molecule has 0 aliphatic carbocycles. The van der Waals surface area contributed by atoms with E-state index in [1.807, 2.05) is 23.2 Å². The number of ether oxygens (including phenoxy) is 1. The number of thiocarbonyl (C=S) groups is 1. The van der Waals surface area contributed by atoms with Crippen molar-refractivity contribution in [1.29, 1.82) is 0 Å². The molecule has 2 heterocycles. The Balaban J connectivity index is 1.87. The highest BCUT2D eigenvalue weighted by Crippen LogP contribution is 2.10. The second-order valence-corrected chi connectivity index (χ2v) is 4.99. The van der Waals surface area contributed by atoms with E-state index in [-0.39, 0.29) is 0 Å². The Morgan fingerprint density at radius 3 is 3.31 bits per heavy atom. The third-order valence-electron chi connectivity index (χ3n) is 2.46. The Bertz CT molecular complexity index is 418. The lowest BCUT2D eigenvalue weighted by Crippen LogP contribution is -2.31. The molecule has 0 radical (unpaired) electrons. The van der Waals surface area contributed by atoms with Crippen molar-refractivity contribution >= 4 is 28.7 Å². The molecule has 1 aromatic rings. The lowest BCUT2D eigenvalue weighted by molar-refractivity contribution is 0.114. The van der Waals surface area contributed by atoms with Crippen LogP contribution < -0.4 is 10.1 Å². The summed E-state index contributed by atoms with van der Waals surface area (Å²) in [5.74, 6) is 0. The standard InChI is InChI=1S/C10H15N3OS2/c1-13-4-6-16-10(13)12-9(15)11-7-8-3-2-5-14-8/h4,6,8H,2-3,5,7H2,1H3,(H,11,15). The Kier molecular flexibility index (Phi) is 4.09. The Morgan fingerprint density at radius 1 is 1.81 bits per heavy atom. The number of nitrogens with zero attached hydrogens (tertiary/aromatic N) is 2. The highest BCUT2D eigenvalue weighted by molar-refractivity contribution is 7.80. The molecule has 0 amide bonds. The molecule has 16 heavy (non-hydrogen) atoms. The normalized spacial score (nSPS) is 21.3. The Morgan fingerprint density at radius 2 is 2.69 bits per heavy atom.